The molecule has 28 heavy (non-hydrogen) atoms. The molecule has 0 spiro atoms. The van der Waals surface area contributed by atoms with Crippen molar-refractivity contribution in [1.82, 2.24) is 10.2 Å². The number of aliphatic imine (C=N–C) groups is 1. The van der Waals surface area contributed by atoms with Crippen LogP contribution in [0.4, 0.5) is 10.1 Å². The molecule has 0 aromatic heterocycles. The minimum absolute atomic E-state index is 0.233. The van der Waals surface area contributed by atoms with Crippen LogP contribution in [0.5, 0.6) is 0 Å². The molecule has 1 aromatic carbocycles. The number of nitrogens with one attached hydrogen (secondary N) is 2. The summed E-state index contributed by atoms with van der Waals surface area (Å²) in [4.78, 5) is 7.05. The maximum Gasteiger partial charge on any atom is 0.128 e. The number of likely N-dealkylation sites (tertiary alicyclic amines) is 1. The van der Waals surface area contributed by atoms with Crippen LogP contribution in [0.1, 0.15) is 46.1 Å². The molecule has 0 amide bonds. The van der Waals surface area contributed by atoms with Crippen molar-refractivity contribution in [3.8, 4) is 0 Å². The van der Waals surface area contributed by atoms with Crippen molar-refractivity contribution >= 4 is 11.5 Å². The van der Waals surface area contributed by atoms with E-state index < -0.39 is 0 Å². The third-order valence-corrected chi connectivity index (χ3v) is 5.00. The van der Waals surface area contributed by atoms with Gasteiger partial charge < -0.3 is 16.4 Å². The summed E-state index contributed by atoms with van der Waals surface area (Å²) in [6, 6.07) is 5.61. The summed E-state index contributed by atoms with van der Waals surface area (Å²) in [6.07, 6.45) is 4.23. The largest absolute Gasteiger partial charge is 0.384 e. The zero-order valence-electron chi connectivity index (χ0n) is 17.8. The first-order chi connectivity index (χ1) is 13.3. The Morgan fingerprint density at radius 2 is 2.11 bits per heavy atom. The van der Waals surface area contributed by atoms with Gasteiger partial charge in [0.1, 0.15) is 17.5 Å². The Bertz CT molecular complexity index is 762. The molecule has 1 aliphatic heterocycles. The summed E-state index contributed by atoms with van der Waals surface area (Å²) in [6.45, 7) is 13.0. The van der Waals surface area contributed by atoms with Gasteiger partial charge in [-0.15, -0.1) is 0 Å². The van der Waals surface area contributed by atoms with Crippen molar-refractivity contribution < 1.29 is 4.39 Å². The molecular formula is C22H34FN5. The van der Waals surface area contributed by atoms with Crippen molar-refractivity contribution in [2.45, 2.75) is 53.5 Å². The number of halogens is 1. The Labute approximate surface area is 168 Å². The number of allylic oxidation sites excluding steroid dienone is 2. The van der Waals surface area contributed by atoms with E-state index in [-0.39, 0.29) is 5.82 Å². The lowest BCUT2D eigenvalue weighted by Gasteiger charge is -2.23. The predicted molar refractivity (Wildman–Crippen MR) is 117 cm³/mol. The van der Waals surface area contributed by atoms with E-state index in [1.807, 2.05) is 26.8 Å². The first kappa shape index (κ1) is 22.0. The molecule has 6 heteroatoms. The molecule has 4 N–H and O–H groups in total. The van der Waals surface area contributed by atoms with Crippen molar-refractivity contribution in [1.29, 1.82) is 0 Å². The molecule has 2 rings (SSSR count). The van der Waals surface area contributed by atoms with E-state index >= 15 is 0 Å². The number of likely N-dealkylation sites (N-methyl/N-ethyl adjacent to an activating group) is 1. The van der Waals surface area contributed by atoms with Crippen LogP contribution >= 0.6 is 0 Å². The lowest BCUT2D eigenvalue weighted by Crippen LogP contribution is -2.37. The van der Waals surface area contributed by atoms with E-state index in [9.17, 15) is 4.39 Å². The molecule has 0 bridgehead atoms. The molecule has 1 saturated heterocycles. The highest BCUT2D eigenvalue weighted by Gasteiger charge is 2.22. The summed E-state index contributed by atoms with van der Waals surface area (Å²) >= 11 is 0. The van der Waals surface area contributed by atoms with Crippen molar-refractivity contribution in [3.63, 3.8) is 0 Å². The zero-order chi connectivity index (χ0) is 20.7. The number of hydrogen-bond donors (Lipinski definition) is 3. The molecule has 154 valence electrons. The fourth-order valence-corrected chi connectivity index (χ4v) is 3.40. The van der Waals surface area contributed by atoms with Crippen LogP contribution < -0.4 is 16.4 Å². The summed E-state index contributed by atoms with van der Waals surface area (Å²) in [5.41, 5.74) is 9.32. The third-order valence-electron chi connectivity index (χ3n) is 5.00. The van der Waals surface area contributed by atoms with Gasteiger partial charge in [-0.3, -0.25) is 4.90 Å². The van der Waals surface area contributed by atoms with E-state index in [0.29, 0.717) is 23.1 Å². The van der Waals surface area contributed by atoms with Crippen LogP contribution in [0.15, 0.2) is 46.4 Å². The quantitative estimate of drug-likeness (QED) is 0.463. The fourth-order valence-electron chi connectivity index (χ4n) is 3.40. The van der Waals surface area contributed by atoms with Gasteiger partial charge in [-0.2, -0.15) is 0 Å². The minimum Gasteiger partial charge on any atom is -0.384 e. The highest BCUT2D eigenvalue weighted by atomic mass is 19.1. The Hall–Kier alpha value is -2.34. The fraction of sp³-hybridized carbons (Fsp3) is 0.500. The Balaban J connectivity index is 2.01. The summed E-state index contributed by atoms with van der Waals surface area (Å²) in [5.74, 6) is 0.981. The molecule has 1 atom stereocenters. The number of nitrogens with two attached hydrogens (primary N) is 1. The van der Waals surface area contributed by atoms with Crippen molar-refractivity contribution in [2.24, 2.45) is 10.7 Å². The molecular weight excluding hydrogens is 353 g/mol. The number of nitrogens with zero attached hydrogens (tertiary/aromatic N) is 2. The molecule has 1 aliphatic rings. The zero-order valence-corrected chi connectivity index (χ0v) is 17.8. The predicted octanol–water partition coefficient (Wildman–Crippen LogP) is 4.13. The van der Waals surface area contributed by atoms with Gasteiger partial charge in [0.25, 0.3) is 0 Å². The molecule has 1 unspecified atom stereocenters. The minimum atomic E-state index is -0.233. The maximum absolute atomic E-state index is 13.7. The second-order valence-corrected chi connectivity index (χ2v) is 7.61. The van der Waals surface area contributed by atoms with E-state index in [4.69, 9.17) is 5.73 Å². The standard InChI is InChI=1S/C22H34FN5/c1-6-28-11-7-8-19(28)14-25-22(15(2)3)27-21(24)12-17(5)26-18-10-9-16(4)20(23)13-18/h9-10,12-13,19,25-26H,6-8,11,14H2,1-5H3,(H2,24,27)/b17-12+. The number of amidine groups is 1. The average molecular weight is 388 g/mol. The summed E-state index contributed by atoms with van der Waals surface area (Å²) < 4.78 is 13.7. The summed E-state index contributed by atoms with van der Waals surface area (Å²) in [7, 11) is 0. The van der Waals surface area contributed by atoms with Crippen LogP contribution in [0, 0.1) is 12.7 Å². The third kappa shape index (κ3) is 6.37. The van der Waals surface area contributed by atoms with Crippen molar-refractivity contribution in [2.75, 3.05) is 25.0 Å². The van der Waals surface area contributed by atoms with Crippen molar-refractivity contribution in [3.05, 3.63) is 52.7 Å². The van der Waals surface area contributed by atoms with Gasteiger partial charge in [0, 0.05) is 24.0 Å². The molecule has 1 aromatic rings. The van der Waals surface area contributed by atoms with Gasteiger partial charge in [-0.25, -0.2) is 9.38 Å². The summed E-state index contributed by atoms with van der Waals surface area (Å²) in [5, 5.41) is 6.61. The Morgan fingerprint density at radius 1 is 1.36 bits per heavy atom. The van der Waals surface area contributed by atoms with E-state index in [2.05, 4.69) is 27.4 Å². The molecule has 0 aliphatic carbocycles. The SMILES string of the molecule is CCN1CCCC1CNC(/N=C(N)\C=C(/C)Nc1ccc(C)c(F)c1)=C(C)C. The van der Waals surface area contributed by atoms with Crippen LogP contribution in [0.2, 0.25) is 0 Å². The number of aryl methyl sites for hydroxylation is 1. The molecule has 0 saturated carbocycles. The molecule has 0 radical (unpaired) electrons. The van der Waals surface area contributed by atoms with Gasteiger partial charge in [0.2, 0.25) is 0 Å². The normalized spacial score (nSPS) is 18.3. The lowest BCUT2D eigenvalue weighted by molar-refractivity contribution is 0.264. The Kier molecular flexibility index (Phi) is 8.05. The Morgan fingerprint density at radius 3 is 2.75 bits per heavy atom. The van der Waals surface area contributed by atoms with Gasteiger partial charge in [0.05, 0.1) is 0 Å². The highest BCUT2D eigenvalue weighted by molar-refractivity contribution is 5.93. The van der Waals surface area contributed by atoms with Crippen LogP contribution in [-0.2, 0) is 0 Å². The topological polar surface area (TPSA) is 65.7 Å². The number of benzene rings is 1. The second kappa shape index (κ2) is 10.3. The second-order valence-electron chi connectivity index (χ2n) is 7.61. The first-order valence-corrected chi connectivity index (χ1v) is 10.0. The van der Waals surface area contributed by atoms with Crippen LogP contribution in [0.3, 0.4) is 0 Å². The highest BCUT2D eigenvalue weighted by Crippen LogP contribution is 2.17. The molecule has 5 nitrogen and oxygen atoms in total. The van der Waals surface area contributed by atoms with Gasteiger partial charge >= 0.3 is 0 Å². The molecule has 1 heterocycles. The number of rotatable bonds is 8. The molecule has 1 fully saturated rings. The monoisotopic (exact) mass is 387 g/mol. The van der Waals surface area contributed by atoms with Gasteiger partial charge in [-0.1, -0.05) is 13.0 Å². The van der Waals surface area contributed by atoms with E-state index in [1.165, 1.54) is 25.5 Å². The van der Waals surface area contributed by atoms with Crippen LogP contribution in [-0.4, -0.2) is 36.4 Å². The van der Waals surface area contributed by atoms with E-state index in [0.717, 1.165) is 30.2 Å². The van der Waals surface area contributed by atoms with Gasteiger partial charge in [-0.05, 0) is 83.0 Å². The van der Waals surface area contributed by atoms with Crippen LogP contribution in [0.25, 0.3) is 0 Å². The average Bonchev–Trinajstić information content (AvgIpc) is 3.08. The number of hydrogen-bond acceptors (Lipinski definition) is 4. The number of anilines is 1. The maximum atomic E-state index is 13.7. The van der Waals surface area contributed by atoms with E-state index in [1.54, 1.807) is 19.1 Å². The first-order valence-electron chi connectivity index (χ1n) is 10.0. The lowest BCUT2D eigenvalue weighted by atomic mass is 10.2. The van der Waals surface area contributed by atoms with Gasteiger partial charge in [0.15, 0.2) is 0 Å². The smallest absolute Gasteiger partial charge is 0.128 e.